The van der Waals surface area contributed by atoms with E-state index in [1.165, 1.54) is 40.4 Å². The van der Waals surface area contributed by atoms with E-state index in [1.807, 2.05) is 21.0 Å². The molecule has 1 fully saturated rings. The molecule has 4 rings (SSSR count). The lowest BCUT2D eigenvalue weighted by molar-refractivity contribution is 0.0956. The van der Waals surface area contributed by atoms with Gasteiger partial charge in [-0.1, -0.05) is 0 Å². The van der Waals surface area contributed by atoms with Gasteiger partial charge in [-0.2, -0.15) is 4.31 Å². The Kier molecular flexibility index (Phi) is 8.81. The van der Waals surface area contributed by atoms with Crippen molar-refractivity contribution in [2.75, 3.05) is 51.8 Å². The largest absolute Gasteiger partial charge is 0.487 e. The lowest BCUT2D eigenvalue weighted by Crippen LogP contribution is -2.43. The van der Waals surface area contributed by atoms with Crippen molar-refractivity contribution in [2.24, 2.45) is 0 Å². The molecule has 10 nitrogen and oxygen atoms in total. The summed E-state index contributed by atoms with van der Waals surface area (Å²) in [5.41, 5.74) is 1.22. The number of aryl methyl sites for hydroxylation is 1. The van der Waals surface area contributed by atoms with Crippen molar-refractivity contribution in [1.29, 1.82) is 0 Å². The Morgan fingerprint density at radius 2 is 2.11 bits per heavy atom. The summed E-state index contributed by atoms with van der Waals surface area (Å²) < 4.78 is 45.7. The minimum absolute atomic E-state index is 0.159. The maximum Gasteiger partial charge on any atom is 0.261 e. The molecule has 1 atom stereocenters. The highest BCUT2D eigenvalue weighted by molar-refractivity contribution is 7.88. The fourth-order valence-electron chi connectivity index (χ4n) is 4.37. The summed E-state index contributed by atoms with van der Waals surface area (Å²) in [5.74, 6) is 0.0833. The number of hydrogen-bond donors (Lipinski definition) is 2. The number of sulfonamides is 1. The third kappa shape index (κ3) is 6.76. The number of nitrogens with one attached hydrogen (secondary N) is 2. The highest BCUT2D eigenvalue weighted by Gasteiger charge is 2.28. The van der Waals surface area contributed by atoms with E-state index in [-0.39, 0.29) is 18.2 Å². The van der Waals surface area contributed by atoms with Gasteiger partial charge >= 0.3 is 0 Å². The van der Waals surface area contributed by atoms with Crippen LogP contribution in [0.4, 0.5) is 15.9 Å². The highest BCUT2D eigenvalue weighted by Crippen LogP contribution is 2.37. The molecule has 1 aromatic carbocycles. The number of fused-ring (bicyclic) bond motifs is 1. The standard InChI is InChI=1S/C25H33FN6O4S2/c1-16-21-23(28-15-29-25(21)37-22(16)24(33)27-10-6-11-31(2)3)30-19-9-8-17(26)13-20(19)36-18-7-5-12-32(14-18)38(4,34)35/h8-9,13,15,18H,5-7,10-12,14H2,1-4H3,(H,27,33)(H,28,29,30)/t18-/m1/s1. The average molecular weight is 565 g/mol. The van der Waals surface area contributed by atoms with Gasteiger partial charge in [-0.15, -0.1) is 11.3 Å². The first-order valence-corrected chi connectivity index (χ1v) is 15.0. The fraction of sp³-hybridized carbons (Fsp3) is 0.480. The highest BCUT2D eigenvalue weighted by atomic mass is 32.2. The van der Waals surface area contributed by atoms with Gasteiger partial charge in [0.05, 0.1) is 28.8 Å². The van der Waals surface area contributed by atoms with Gasteiger partial charge in [-0.3, -0.25) is 4.79 Å². The molecule has 0 spiro atoms. The van der Waals surface area contributed by atoms with Crippen LogP contribution in [0.25, 0.3) is 10.2 Å². The maximum absolute atomic E-state index is 14.2. The Bertz CT molecular complexity index is 1410. The zero-order valence-corrected chi connectivity index (χ0v) is 23.6. The zero-order valence-electron chi connectivity index (χ0n) is 22.0. The van der Waals surface area contributed by atoms with Crippen LogP contribution in [0.15, 0.2) is 24.5 Å². The number of nitrogens with zero attached hydrogens (tertiary/aromatic N) is 4. The van der Waals surface area contributed by atoms with Crippen LogP contribution < -0.4 is 15.4 Å². The van der Waals surface area contributed by atoms with Crippen molar-refractivity contribution in [3.63, 3.8) is 0 Å². The molecule has 1 aliphatic rings. The molecule has 38 heavy (non-hydrogen) atoms. The number of piperidine rings is 1. The second-order valence-electron chi connectivity index (χ2n) is 9.64. The normalized spacial score (nSPS) is 16.6. The Morgan fingerprint density at radius 3 is 2.84 bits per heavy atom. The second-order valence-corrected chi connectivity index (χ2v) is 12.6. The predicted octanol–water partition coefficient (Wildman–Crippen LogP) is 3.37. The first-order valence-electron chi connectivity index (χ1n) is 12.4. The van der Waals surface area contributed by atoms with Crippen molar-refractivity contribution >= 4 is 49.0 Å². The number of aromatic nitrogens is 2. The van der Waals surface area contributed by atoms with Crippen molar-refractivity contribution in [2.45, 2.75) is 32.3 Å². The molecular weight excluding hydrogens is 531 g/mol. The molecule has 1 amide bonds. The van der Waals surface area contributed by atoms with Crippen LogP contribution in [0.5, 0.6) is 5.75 Å². The molecule has 0 unspecified atom stereocenters. The Balaban J connectivity index is 1.56. The van der Waals surface area contributed by atoms with Crippen LogP contribution >= 0.6 is 11.3 Å². The van der Waals surface area contributed by atoms with Crippen LogP contribution in [0, 0.1) is 12.7 Å². The van der Waals surface area contributed by atoms with Gasteiger partial charge in [0.1, 0.15) is 34.6 Å². The number of halogens is 1. The van der Waals surface area contributed by atoms with E-state index in [1.54, 1.807) is 6.07 Å². The topological polar surface area (TPSA) is 117 Å². The van der Waals surface area contributed by atoms with Crippen LogP contribution in [0.2, 0.25) is 0 Å². The average Bonchev–Trinajstić information content (AvgIpc) is 3.20. The molecule has 206 valence electrons. The Hall–Kier alpha value is -2.87. The second kappa shape index (κ2) is 11.9. The zero-order chi connectivity index (χ0) is 27.4. The van der Waals surface area contributed by atoms with Crippen molar-refractivity contribution < 1.29 is 22.3 Å². The first-order chi connectivity index (χ1) is 18.0. The van der Waals surface area contributed by atoms with Gasteiger partial charge in [0.2, 0.25) is 10.0 Å². The molecule has 1 aliphatic heterocycles. The van der Waals surface area contributed by atoms with E-state index in [0.717, 1.165) is 18.5 Å². The summed E-state index contributed by atoms with van der Waals surface area (Å²) >= 11 is 1.29. The summed E-state index contributed by atoms with van der Waals surface area (Å²) in [4.78, 5) is 24.9. The number of thiophene rings is 1. The molecule has 0 bridgehead atoms. The lowest BCUT2D eigenvalue weighted by Gasteiger charge is -2.31. The van der Waals surface area contributed by atoms with Gasteiger partial charge in [0, 0.05) is 19.2 Å². The van der Waals surface area contributed by atoms with Crippen molar-refractivity contribution in [1.82, 2.24) is 24.5 Å². The SMILES string of the molecule is Cc1c(C(=O)NCCCN(C)C)sc2ncnc(Nc3ccc(F)cc3O[C@@H]3CCCN(S(C)(=O)=O)C3)c12. The molecule has 0 radical (unpaired) electrons. The van der Waals surface area contributed by atoms with E-state index in [2.05, 4.69) is 25.5 Å². The van der Waals surface area contributed by atoms with Gasteiger partial charge in [0.25, 0.3) is 5.91 Å². The van der Waals surface area contributed by atoms with E-state index in [9.17, 15) is 17.6 Å². The third-order valence-corrected chi connectivity index (χ3v) is 8.77. The van der Waals surface area contributed by atoms with Gasteiger partial charge < -0.3 is 20.3 Å². The van der Waals surface area contributed by atoms with Crippen LogP contribution in [-0.2, 0) is 10.0 Å². The first kappa shape index (κ1) is 28.1. The molecular formula is C25H33FN6O4S2. The number of benzene rings is 1. The molecule has 3 aromatic rings. The molecule has 3 heterocycles. The summed E-state index contributed by atoms with van der Waals surface area (Å²) in [7, 11) is 0.626. The number of rotatable bonds is 10. The molecule has 2 N–H and O–H groups in total. The van der Waals surface area contributed by atoms with Crippen molar-refractivity contribution in [3.8, 4) is 5.75 Å². The van der Waals surface area contributed by atoms with E-state index in [0.29, 0.717) is 52.5 Å². The third-order valence-electron chi connectivity index (χ3n) is 6.30. The predicted molar refractivity (Wildman–Crippen MR) is 147 cm³/mol. The van der Waals surface area contributed by atoms with Crippen molar-refractivity contribution in [3.05, 3.63) is 40.8 Å². The number of amides is 1. The molecule has 0 saturated carbocycles. The molecule has 0 aliphatic carbocycles. The van der Waals surface area contributed by atoms with E-state index < -0.39 is 21.9 Å². The minimum atomic E-state index is -3.35. The van der Waals surface area contributed by atoms with Gasteiger partial charge in [-0.05, 0) is 64.5 Å². The summed E-state index contributed by atoms with van der Waals surface area (Å²) in [6, 6.07) is 4.13. The summed E-state index contributed by atoms with van der Waals surface area (Å²) in [6.07, 6.45) is 4.30. The number of carbonyl (C=O) groups excluding carboxylic acids is 1. The smallest absolute Gasteiger partial charge is 0.261 e. The molecule has 13 heteroatoms. The number of ether oxygens (including phenoxy) is 1. The van der Waals surface area contributed by atoms with Gasteiger partial charge in [0.15, 0.2) is 0 Å². The van der Waals surface area contributed by atoms with Crippen LogP contribution in [-0.4, -0.2) is 86.1 Å². The number of anilines is 2. The lowest BCUT2D eigenvalue weighted by atomic mass is 10.1. The fourth-order valence-corrected chi connectivity index (χ4v) is 6.33. The monoisotopic (exact) mass is 564 g/mol. The molecule has 2 aromatic heterocycles. The van der Waals surface area contributed by atoms with E-state index in [4.69, 9.17) is 4.74 Å². The maximum atomic E-state index is 14.2. The van der Waals surface area contributed by atoms with E-state index >= 15 is 0 Å². The number of carbonyl (C=O) groups is 1. The van der Waals surface area contributed by atoms with Gasteiger partial charge in [-0.25, -0.2) is 22.8 Å². The summed E-state index contributed by atoms with van der Waals surface area (Å²) in [5, 5.41) is 6.90. The van der Waals surface area contributed by atoms with Crippen LogP contribution in [0.1, 0.15) is 34.5 Å². The molecule has 1 saturated heterocycles. The Labute approximate surface area is 226 Å². The van der Waals surface area contributed by atoms with Crippen LogP contribution in [0.3, 0.4) is 0 Å². The number of hydrogen-bond acceptors (Lipinski definition) is 9. The summed E-state index contributed by atoms with van der Waals surface area (Å²) in [6.45, 7) is 3.93. The quantitative estimate of drug-likeness (QED) is 0.360. The minimum Gasteiger partial charge on any atom is -0.487 e. The Morgan fingerprint density at radius 1 is 1.32 bits per heavy atom.